The number of hydrogen-bond acceptors (Lipinski definition) is 8. The summed E-state index contributed by atoms with van der Waals surface area (Å²) >= 11 is 7.73. The molecule has 0 spiro atoms. The minimum absolute atomic E-state index is 0.0165. The highest BCUT2D eigenvalue weighted by atomic mass is 35.5. The summed E-state index contributed by atoms with van der Waals surface area (Å²) in [6, 6.07) is 10.4. The van der Waals surface area contributed by atoms with Crippen molar-refractivity contribution in [2.75, 3.05) is 12.3 Å². The number of benzene rings is 1. The fourth-order valence-corrected chi connectivity index (χ4v) is 8.13. The van der Waals surface area contributed by atoms with Crippen molar-refractivity contribution in [1.29, 1.82) is 0 Å². The molecule has 3 N–H and O–H groups in total. The van der Waals surface area contributed by atoms with Gasteiger partial charge >= 0.3 is 0 Å². The molecule has 6 rings (SSSR count). The van der Waals surface area contributed by atoms with Crippen molar-refractivity contribution in [2.45, 2.75) is 56.3 Å². The molecule has 12 heteroatoms. The van der Waals surface area contributed by atoms with Gasteiger partial charge in [-0.2, -0.15) is 0 Å². The average molecular weight is 603 g/mol. The van der Waals surface area contributed by atoms with E-state index in [-0.39, 0.29) is 16.4 Å². The van der Waals surface area contributed by atoms with Gasteiger partial charge in [0.25, 0.3) is 0 Å². The predicted molar refractivity (Wildman–Crippen MR) is 154 cm³/mol. The van der Waals surface area contributed by atoms with Gasteiger partial charge in [-0.05, 0) is 62.8 Å². The molecule has 8 nitrogen and oxygen atoms in total. The van der Waals surface area contributed by atoms with Crippen LogP contribution in [0.1, 0.15) is 55.7 Å². The minimum Gasteiger partial charge on any atom is -0.381 e. The van der Waals surface area contributed by atoms with E-state index in [4.69, 9.17) is 26.8 Å². The van der Waals surface area contributed by atoms with Gasteiger partial charge in [-0.3, -0.25) is 4.98 Å². The number of hydrogen-bond donors (Lipinski definition) is 2. The Balaban J connectivity index is 1.46. The van der Waals surface area contributed by atoms with E-state index in [0.29, 0.717) is 24.3 Å². The van der Waals surface area contributed by atoms with Gasteiger partial charge in [0, 0.05) is 33.1 Å². The molecular weight excluding hydrogens is 575 g/mol. The molecule has 2 atom stereocenters. The van der Waals surface area contributed by atoms with Crippen molar-refractivity contribution in [1.82, 2.24) is 14.7 Å². The molecule has 0 amide bonds. The first-order chi connectivity index (χ1) is 18.9. The van der Waals surface area contributed by atoms with E-state index in [1.807, 2.05) is 57.2 Å². The Hall–Kier alpha value is -2.67. The third-order valence-corrected chi connectivity index (χ3v) is 10.7. The van der Waals surface area contributed by atoms with E-state index in [1.54, 1.807) is 6.20 Å². The van der Waals surface area contributed by atoms with Gasteiger partial charge < -0.3 is 15.2 Å². The van der Waals surface area contributed by atoms with E-state index >= 15 is 4.39 Å². The van der Waals surface area contributed by atoms with Crippen molar-refractivity contribution < 1.29 is 22.3 Å². The Morgan fingerprint density at radius 1 is 1.20 bits per heavy atom. The zero-order valence-electron chi connectivity index (χ0n) is 22.1. The van der Waals surface area contributed by atoms with Crippen LogP contribution in [-0.2, 0) is 25.1 Å². The third-order valence-electron chi connectivity index (χ3n) is 7.23. The van der Waals surface area contributed by atoms with Crippen LogP contribution in [0.3, 0.4) is 0 Å². The van der Waals surface area contributed by atoms with Crippen molar-refractivity contribution in [3.05, 3.63) is 75.6 Å². The van der Waals surface area contributed by atoms with Gasteiger partial charge in [-0.25, -0.2) is 22.5 Å². The van der Waals surface area contributed by atoms with Gasteiger partial charge in [0.1, 0.15) is 5.60 Å². The molecular formula is C28H28ClFN4O4S2. The van der Waals surface area contributed by atoms with Crippen molar-refractivity contribution >= 4 is 48.9 Å². The predicted octanol–water partition coefficient (Wildman–Crippen LogP) is 5.90. The number of halogens is 2. The van der Waals surface area contributed by atoms with Crippen LogP contribution in [0.5, 0.6) is 0 Å². The van der Waals surface area contributed by atoms with E-state index in [2.05, 4.69) is 14.7 Å². The summed E-state index contributed by atoms with van der Waals surface area (Å²) in [7, 11) is -3.73. The second kappa shape index (κ2) is 9.71. The zero-order chi connectivity index (χ0) is 28.4. The highest BCUT2D eigenvalue weighted by Gasteiger charge is 2.43. The Labute approximate surface area is 240 Å². The third kappa shape index (κ3) is 4.99. The Bertz CT molecular complexity index is 1740. The summed E-state index contributed by atoms with van der Waals surface area (Å²) in [5.74, 6) is -1.90. The number of nitrogens with one attached hydrogen (secondary N) is 1. The van der Waals surface area contributed by atoms with Crippen molar-refractivity contribution in [3.63, 3.8) is 0 Å². The maximum absolute atomic E-state index is 15.3. The lowest BCUT2D eigenvalue weighted by Gasteiger charge is -2.25. The number of ether oxygens (including phenoxy) is 2. The molecule has 4 aromatic rings. The second-order valence-electron chi connectivity index (χ2n) is 10.8. The van der Waals surface area contributed by atoms with E-state index in [9.17, 15) is 8.42 Å². The van der Waals surface area contributed by atoms with Gasteiger partial charge in [0.05, 0.1) is 28.6 Å². The molecule has 40 heavy (non-hydrogen) atoms. The quantitative estimate of drug-likeness (QED) is 0.270. The van der Waals surface area contributed by atoms with Crippen LogP contribution in [0, 0.1) is 5.82 Å². The molecule has 1 saturated carbocycles. The van der Waals surface area contributed by atoms with Gasteiger partial charge in [0.15, 0.2) is 17.4 Å². The van der Waals surface area contributed by atoms with Crippen LogP contribution in [0.4, 0.5) is 10.2 Å². The molecule has 1 aromatic carbocycles. The summed E-state index contributed by atoms with van der Waals surface area (Å²) in [5, 5.41) is 0.324. The first-order valence-electron chi connectivity index (χ1n) is 12.8. The van der Waals surface area contributed by atoms with Crippen molar-refractivity contribution in [3.8, 4) is 11.3 Å². The van der Waals surface area contributed by atoms with Crippen LogP contribution in [0.15, 0.2) is 48.8 Å². The molecule has 3 aromatic heterocycles. The maximum Gasteiger partial charge on any atom is 0.215 e. The summed E-state index contributed by atoms with van der Waals surface area (Å²) in [4.78, 5) is 8.98. The van der Waals surface area contributed by atoms with Crippen LogP contribution in [0.25, 0.3) is 21.3 Å². The number of thiophene rings is 1. The largest absolute Gasteiger partial charge is 0.381 e. The van der Waals surface area contributed by atoms with Gasteiger partial charge in [-0.15, -0.1) is 11.3 Å². The molecule has 4 heterocycles. The van der Waals surface area contributed by atoms with E-state index < -0.39 is 38.5 Å². The molecule has 0 radical (unpaired) electrons. The molecule has 1 saturated heterocycles. The number of sulfonamides is 1. The summed E-state index contributed by atoms with van der Waals surface area (Å²) in [6.45, 7) is 6.16. The number of nitrogens with two attached hydrogens (primary N) is 1. The summed E-state index contributed by atoms with van der Waals surface area (Å²) in [6.07, 6.45) is 4.08. The SMILES string of the molecule is CC1(C)OCC(C)(c2ccnc(-c3cccc4cc(C(NS(=O)(=O)C5CC5)c5c(Cl)cnc(N)c5F)sc34)c2)O1. The minimum atomic E-state index is -3.73. The fourth-order valence-electron chi connectivity index (χ4n) is 5.05. The Morgan fingerprint density at radius 2 is 1.98 bits per heavy atom. The monoisotopic (exact) mass is 602 g/mol. The van der Waals surface area contributed by atoms with Crippen LogP contribution >= 0.6 is 22.9 Å². The van der Waals surface area contributed by atoms with Gasteiger partial charge in [-0.1, -0.05) is 29.8 Å². The van der Waals surface area contributed by atoms with E-state index in [0.717, 1.165) is 26.9 Å². The number of rotatable bonds is 7. The molecule has 2 fully saturated rings. The Kier molecular flexibility index (Phi) is 6.68. The fraction of sp³-hybridized carbons (Fsp3) is 0.357. The molecule has 210 valence electrons. The number of pyridine rings is 2. The summed E-state index contributed by atoms with van der Waals surface area (Å²) < 4.78 is 57.1. The highest BCUT2D eigenvalue weighted by molar-refractivity contribution is 7.90. The Morgan fingerprint density at radius 3 is 2.67 bits per heavy atom. The standard InChI is InChI=1S/C28H28ClFN4O4S2/c1-27(2)37-14-28(3,38-27)16-9-10-32-20(12-16)18-6-4-5-15-11-21(39-25(15)18)24(34-40(35,36)17-7-8-17)22-19(29)13-33-26(31)23(22)30/h4-6,9-13,17,24,34H,7-8,14H2,1-3H3,(H2,31,33). The molecule has 2 aliphatic rings. The number of fused-ring (bicyclic) bond motifs is 1. The summed E-state index contributed by atoms with van der Waals surface area (Å²) in [5.41, 5.74) is 7.56. The first kappa shape index (κ1) is 27.5. The molecule has 1 aliphatic heterocycles. The lowest BCUT2D eigenvalue weighted by Crippen LogP contribution is -2.32. The smallest absolute Gasteiger partial charge is 0.215 e. The van der Waals surface area contributed by atoms with Crippen molar-refractivity contribution in [2.24, 2.45) is 0 Å². The first-order valence-corrected chi connectivity index (χ1v) is 15.5. The molecule has 1 aliphatic carbocycles. The maximum atomic E-state index is 15.3. The number of nitrogen functional groups attached to an aromatic ring is 1. The van der Waals surface area contributed by atoms with Crippen LogP contribution in [-0.4, -0.2) is 36.0 Å². The molecule has 0 bridgehead atoms. The lowest BCUT2D eigenvalue weighted by molar-refractivity contribution is -0.159. The number of nitrogens with zero attached hydrogens (tertiary/aromatic N) is 2. The highest BCUT2D eigenvalue weighted by Crippen LogP contribution is 2.43. The average Bonchev–Trinajstić information content (AvgIpc) is 3.62. The lowest BCUT2D eigenvalue weighted by atomic mass is 9.96. The normalized spacial score (nSPS) is 21.6. The van der Waals surface area contributed by atoms with Gasteiger partial charge in [0.2, 0.25) is 10.0 Å². The van der Waals surface area contributed by atoms with Crippen LogP contribution in [0.2, 0.25) is 5.02 Å². The number of anilines is 1. The number of aromatic nitrogens is 2. The van der Waals surface area contributed by atoms with Crippen LogP contribution < -0.4 is 10.5 Å². The second-order valence-corrected chi connectivity index (χ2v) is 14.3. The molecule has 2 unspecified atom stereocenters. The topological polar surface area (TPSA) is 116 Å². The zero-order valence-corrected chi connectivity index (χ0v) is 24.5. The van der Waals surface area contributed by atoms with E-state index in [1.165, 1.54) is 17.5 Å².